The van der Waals surface area contributed by atoms with Gasteiger partial charge in [0.1, 0.15) is 6.33 Å². The van der Waals surface area contributed by atoms with Crippen LogP contribution in [-0.4, -0.2) is 19.5 Å². The monoisotopic (exact) mass is 290 g/mol. The minimum absolute atomic E-state index is 0.294. The molecule has 108 valence electrons. The fraction of sp³-hybridized carbons (Fsp3) is 0.467. The Bertz CT molecular complexity index is 557. The molecule has 0 aliphatic carbocycles. The van der Waals surface area contributed by atoms with E-state index in [2.05, 4.69) is 60.6 Å². The van der Waals surface area contributed by atoms with Gasteiger partial charge in [-0.1, -0.05) is 32.9 Å². The van der Waals surface area contributed by atoms with Crippen LogP contribution in [0.25, 0.3) is 0 Å². The summed E-state index contributed by atoms with van der Waals surface area (Å²) in [6.07, 6.45) is 1.72. The topological polar surface area (TPSA) is 42.7 Å². The molecular weight excluding hydrogens is 268 g/mol. The smallest absolute Gasteiger partial charge is 0.151 e. The Morgan fingerprint density at radius 2 is 2.10 bits per heavy atom. The van der Waals surface area contributed by atoms with E-state index in [-0.39, 0.29) is 0 Å². The van der Waals surface area contributed by atoms with Crippen molar-refractivity contribution in [3.05, 3.63) is 42.0 Å². The lowest BCUT2D eigenvalue weighted by molar-refractivity contribution is 0.802. The number of rotatable bonds is 5. The van der Waals surface area contributed by atoms with E-state index in [0.717, 1.165) is 17.3 Å². The Kier molecular flexibility index (Phi) is 4.70. The van der Waals surface area contributed by atoms with Crippen molar-refractivity contribution in [3.8, 4) is 0 Å². The van der Waals surface area contributed by atoms with Gasteiger partial charge in [0, 0.05) is 23.2 Å². The van der Waals surface area contributed by atoms with Crippen LogP contribution in [0, 0.1) is 0 Å². The summed E-state index contributed by atoms with van der Waals surface area (Å²) in [5.41, 5.74) is 2.47. The molecule has 0 radical (unpaired) electrons. The number of nitrogens with one attached hydrogen (secondary N) is 1. The third-order valence-electron chi connectivity index (χ3n) is 2.85. The number of aromatic nitrogens is 3. The van der Waals surface area contributed by atoms with E-state index < -0.39 is 0 Å². The molecule has 4 nitrogen and oxygen atoms in total. The Balaban J connectivity index is 1.94. The predicted molar refractivity (Wildman–Crippen MR) is 85.8 cm³/mol. The molecule has 0 atom stereocenters. The van der Waals surface area contributed by atoms with Crippen molar-refractivity contribution in [3.63, 3.8) is 0 Å². The highest BCUT2D eigenvalue weighted by molar-refractivity contribution is 7.99. The molecular formula is C15H22N4S. The van der Waals surface area contributed by atoms with Crippen molar-refractivity contribution in [2.24, 2.45) is 7.05 Å². The number of nitrogens with zero attached hydrogens (tertiary/aromatic N) is 3. The van der Waals surface area contributed by atoms with Crippen molar-refractivity contribution in [2.75, 3.05) is 5.32 Å². The first-order chi connectivity index (χ1) is 9.44. The van der Waals surface area contributed by atoms with Crippen LogP contribution in [0.1, 0.15) is 32.2 Å². The zero-order valence-electron chi connectivity index (χ0n) is 12.6. The number of thioether (sulfide) groups is 1. The second kappa shape index (κ2) is 6.31. The maximum Gasteiger partial charge on any atom is 0.151 e. The van der Waals surface area contributed by atoms with Crippen LogP contribution in [0.15, 0.2) is 30.6 Å². The van der Waals surface area contributed by atoms with Crippen LogP contribution in [0.3, 0.4) is 0 Å². The van der Waals surface area contributed by atoms with Gasteiger partial charge in [-0.3, -0.25) is 0 Å². The maximum absolute atomic E-state index is 4.07. The van der Waals surface area contributed by atoms with Gasteiger partial charge in [-0.2, -0.15) is 11.8 Å². The molecule has 1 aromatic heterocycles. The number of aryl methyl sites for hydroxylation is 1. The minimum Gasteiger partial charge on any atom is -0.378 e. The molecule has 0 bridgehead atoms. The highest BCUT2D eigenvalue weighted by Gasteiger charge is 2.10. The number of benzene rings is 1. The Morgan fingerprint density at radius 3 is 2.75 bits per heavy atom. The van der Waals surface area contributed by atoms with Crippen molar-refractivity contribution >= 4 is 17.4 Å². The predicted octanol–water partition coefficient (Wildman–Crippen LogP) is 3.46. The lowest BCUT2D eigenvalue weighted by Crippen LogP contribution is -2.08. The molecule has 20 heavy (non-hydrogen) atoms. The van der Waals surface area contributed by atoms with Crippen LogP contribution >= 0.6 is 11.8 Å². The zero-order valence-corrected chi connectivity index (χ0v) is 13.4. The highest BCUT2D eigenvalue weighted by Crippen LogP contribution is 2.27. The molecule has 0 amide bonds. The number of hydrogen-bond acceptors (Lipinski definition) is 4. The standard InChI is InChI=1S/C15H22N4S/c1-15(2,3)20-10-12-6-5-7-13(8-12)16-9-14-18-17-11-19(14)4/h5-8,11,16H,9-10H2,1-4H3. The van der Waals surface area contributed by atoms with Gasteiger partial charge >= 0.3 is 0 Å². The Labute approximate surface area is 125 Å². The van der Waals surface area contributed by atoms with Gasteiger partial charge in [-0.05, 0) is 17.7 Å². The molecule has 0 fully saturated rings. The van der Waals surface area contributed by atoms with Crippen molar-refractivity contribution < 1.29 is 0 Å². The van der Waals surface area contributed by atoms with Gasteiger partial charge in [-0.15, -0.1) is 10.2 Å². The molecule has 0 unspecified atom stereocenters. The summed E-state index contributed by atoms with van der Waals surface area (Å²) in [6, 6.07) is 8.56. The zero-order chi connectivity index (χ0) is 14.6. The third kappa shape index (κ3) is 4.56. The third-order valence-corrected chi connectivity index (χ3v) is 4.20. The molecule has 0 saturated carbocycles. The van der Waals surface area contributed by atoms with Crippen LogP contribution in [0.5, 0.6) is 0 Å². The van der Waals surface area contributed by atoms with E-state index >= 15 is 0 Å². The van der Waals surface area contributed by atoms with Gasteiger partial charge < -0.3 is 9.88 Å². The van der Waals surface area contributed by atoms with Gasteiger partial charge in [0.2, 0.25) is 0 Å². The Morgan fingerprint density at radius 1 is 1.30 bits per heavy atom. The molecule has 2 aromatic rings. The average Bonchev–Trinajstić information content (AvgIpc) is 2.79. The fourth-order valence-corrected chi connectivity index (χ4v) is 2.50. The molecule has 2 rings (SSSR count). The summed E-state index contributed by atoms with van der Waals surface area (Å²) < 4.78 is 2.22. The molecule has 0 saturated heterocycles. The van der Waals surface area contributed by atoms with E-state index in [1.54, 1.807) is 6.33 Å². The molecule has 1 aromatic carbocycles. The molecule has 0 spiro atoms. The molecule has 0 aliphatic heterocycles. The summed E-state index contributed by atoms with van der Waals surface area (Å²) in [5.74, 6) is 1.96. The summed E-state index contributed by atoms with van der Waals surface area (Å²) in [5, 5.41) is 11.3. The van der Waals surface area contributed by atoms with E-state index in [1.807, 2.05) is 23.4 Å². The van der Waals surface area contributed by atoms with E-state index in [1.165, 1.54) is 5.56 Å². The SMILES string of the molecule is Cn1cnnc1CNc1cccc(CSC(C)(C)C)c1. The summed E-state index contributed by atoms with van der Waals surface area (Å²) in [7, 11) is 1.95. The average molecular weight is 290 g/mol. The second-order valence-electron chi connectivity index (χ2n) is 5.81. The van der Waals surface area contributed by atoms with Crippen molar-refractivity contribution in [1.29, 1.82) is 0 Å². The van der Waals surface area contributed by atoms with E-state index in [4.69, 9.17) is 0 Å². The highest BCUT2D eigenvalue weighted by atomic mass is 32.2. The van der Waals surface area contributed by atoms with Crippen LogP contribution < -0.4 is 5.32 Å². The lowest BCUT2D eigenvalue weighted by Gasteiger charge is -2.17. The van der Waals surface area contributed by atoms with Gasteiger partial charge in [0.15, 0.2) is 5.82 Å². The first kappa shape index (κ1) is 14.9. The van der Waals surface area contributed by atoms with Gasteiger partial charge in [0.25, 0.3) is 0 Å². The summed E-state index contributed by atoms with van der Waals surface area (Å²) >= 11 is 1.96. The van der Waals surface area contributed by atoms with Crippen LogP contribution in [0.2, 0.25) is 0 Å². The second-order valence-corrected chi connectivity index (χ2v) is 7.62. The van der Waals surface area contributed by atoms with E-state index in [0.29, 0.717) is 11.3 Å². The van der Waals surface area contributed by atoms with E-state index in [9.17, 15) is 0 Å². The largest absolute Gasteiger partial charge is 0.378 e. The fourth-order valence-electron chi connectivity index (χ4n) is 1.72. The van der Waals surface area contributed by atoms with Crippen LogP contribution in [-0.2, 0) is 19.3 Å². The minimum atomic E-state index is 0.294. The molecule has 0 aliphatic rings. The molecule has 1 heterocycles. The normalized spacial score (nSPS) is 11.6. The molecule has 5 heteroatoms. The van der Waals surface area contributed by atoms with Gasteiger partial charge in [-0.25, -0.2) is 0 Å². The van der Waals surface area contributed by atoms with Gasteiger partial charge in [0.05, 0.1) is 6.54 Å². The number of hydrogen-bond donors (Lipinski definition) is 1. The first-order valence-corrected chi connectivity index (χ1v) is 7.72. The maximum atomic E-state index is 4.07. The Hall–Kier alpha value is -1.49. The van der Waals surface area contributed by atoms with Crippen LogP contribution in [0.4, 0.5) is 5.69 Å². The number of anilines is 1. The van der Waals surface area contributed by atoms with Crippen molar-refractivity contribution in [1.82, 2.24) is 14.8 Å². The first-order valence-electron chi connectivity index (χ1n) is 6.74. The molecule has 1 N–H and O–H groups in total. The summed E-state index contributed by atoms with van der Waals surface area (Å²) in [4.78, 5) is 0. The lowest BCUT2D eigenvalue weighted by atomic mass is 10.2. The summed E-state index contributed by atoms with van der Waals surface area (Å²) in [6.45, 7) is 7.42. The quantitative estimate of drug-likeness (QED) is 0.916. The van der Waals surface area contributed by atoms with Crippen molar-refractivity contribution in [2.45, 2.75) is 37.8 Å².